The van der Waals surface area contributed by atoms with Crippen LogP contribution in [0.3, 0.4) is 0 Å². The van der Waals surface area contributed by atoms with Gasteiger partial charge in [0.25, 0.3) is 0 Å². The van der Waals surface area contributed by atoms with E-state index in [1.54, 1.807) is 0 Å². The first kappa shape index (κ1) is 17.4. The Morgan fingerprint density at radius 1 is 1.24 bits per heavy atom. The third-order valence-electron chi connectivity index (χ3n) is 3.02. The largest absolute Gasteiger partial charge is 0.478 e. The number of sulfonamides is 1. The molecule has 0 saturated carbocycles. The quantitative estimate of drug-likeness (QED) is 0.712. The minimum atomic E-state index is -3.71. The summed E-state index contributed by atoms with van der Waals surface area (Å²) < 4.78 is 26.0. The van der Waals surface area contributed by atoms with Crippen molar-refractivity contribution in [2.24, 2.45) is 0 Å². The number of carbonyl (C=O) groups is 1. The highest BCUT2D eigenvalue weighted by atomic mass is 32.2. The molecule has 21 heavy (non-hydrogen) atoms. The predicted molar refractivity (Wildman–Crippen MR) is 80.8 cm³/mol. The zero-order chi connectivity index (χ0) is 16.2. The van der Waals surface area contributed by atoms with E-state index in [9.17, 15) is 13.2 Å². The van der Waals surface area contributed by atoms with Crippen LogP contribution in [0, 0.1) is 0 Å². The molecule has 0 aliphatic heterocycles. The normalized spacial score (nSPS) is 12.0. The second-order valence-electron chi connectivity index (χ2n) is 5.04. The smallest absolute Gasteiger partial charge is 0.335 e. The maximum Gasteiger partial charge on any atom is 0.335 e. The highest BCUT2D eigenvalue weighted by Gasteiger charge is 2.23. The Kier molecular flexibility index (Phi) is 5.70. The summed E-state index contributed by atoms with van der Waals surface area (Å²) in [5, 5.41) is 8.86. The third-order valence-corrected chi connectivity index (χ3v) is 4.95. The maximum absolute atomic E-state index is 12.4. The van der Waals surface area contributed by atoms with Crippen LogP contribution in [0.5, 0.6) is 0 Å². The van der Waals surface area contributed by atoms with E-state index < -0.39 is 16.0 Å². The molecule has 0 amide bonds. The van der Waals surface area contributed by atoms with Crippen molar-refractivity contribution in [3.05, 3.63) is 23.8 Å². The van der Waals surface area contributed by atoms with E-state index in [1.807, 2.05) is 19.0 Å². The number of nitrogens with zero attached hydrogens (tertiary/aromatic N) is 2. The molecule has 0 fully saturated rings. The van der Waals surface area contributed by atoms with E-state index in [4.69, 9.17) is 10.8 Å². The first-order valence-corrected chi connectivity index (χ1v) is 7.84. The number of carboxylic acids is 1. The zero-order valence-electron chi connectivity index (χ0n) is 12.4. The van der Waals surface area contributed by atoms with Gasteiger partial charge in [-0.3, -0.25) is 0 Å². The van der Waals surface area contributed by atoms with Crippen LogP contribution in [0.4, 0.5) is 5.69 Å². The van der Waals surface area contributed by atoms with Crippen molar-refractivity contribution in [3.8, 4) is 0 Å². The number of anilines is 1. The first-order chi connectivity index (χ1) is 9.66. The van der Waals surface area contributed by atoms with Crippen LogP contribution >= 0.6 is 0 Å². The average molecular weight is 315 g/mol. The van der Waals surface area contributed by atoms with Gasteiger partial charge in [0.2, 0.25) is 10.0 Å². The second kappa shape index (κ2) is 6.88. The number of hydrogen-bond acceptors (Lipinski definition) is 5. The van der Waals surface area contributed by atoms with Crippen molar-refractivity contribution in [2.45, 2.75) is 11.3 Å². The Bertz CT molecular complexity index is 614. The molecular formula is C13H21N3O4S. The lowest BCUT2D eigenvalue weighted by molar-refractivity contribution is 0.0697. The molecule has 0 saturated heterocycles. The topological polar surface area (TPSA) is 104 Å². The molecule has 3 N–H and O–H groups in total. The number of nitrogen functional groups attached to an aromatic ring is 1. The zero-order valence-corrected chi connectivity index (χ0v) is 13.2. The van der Waals surface area contributed by atoms with E-state index in [0.29, 0.717) is 13.0 Å². The van der Waals surface area contributed by atoms with E-state index >= 15 is 0 Å². The summed E-state index contributed by atoms with van der Waals surface area (Å²) in [7, 11) is 1.60. The second-order valence-corrected chi connectivity index (χ2v) is 7.05. The highest BCUT2D eigenvalue weighted by Crippen LogP contribution is 2.23. The van der Waals surface area contributed by atoms with Gasteiger partial charge in [-0.2, -0.15) is 0 Å². The van der Waals surface area contributed by atoms with E-state index in [0.717, 1.165) is 12.6 Å². The molecule has 0 heterocycles. The lowest BCUT2D eigenvalue weighted by atomic mass is 10.2. The number of aromatic carboxylic acids is 1. The number of nitrogens with two attached hydrogens (primary N) is 1. The molecule has 7 nitrogen and oxygen atoms in total. The van der Waals surface area contributed by atoms with Gasteiger partial charge in [-0.05, 0) is 45.3 Å². The van der Waals surface area contributed by atoms with Crippen LogP contribution in [-0.4, -0.2) is 62.9 Å². The third kappa shape index (κ3) is 4.42. The Balaban J connectivity index is 2.94. The molecule has 1 aromatic carbocycles. The van der Waals surface area contributed by atoms with Crippen molar-refractivity contribution >= 4 is 21.7 Å². The molecule has 0 aliphatic rings. The molecule has 0 radical (unpaired) electrons. The van der Waals surface area contributed by atoms with Gasteiger partial charge in [0, 0.05) is 13.6 Å². The molecule has 1 aromatic rings. The summed E-state index contributed by atoms with van der Waals surface area (Å²) in [6.07, 6.45) is 0.690. The van der Waals surface area contributed by atoms with E-state index in [2.05, 4.69) is 0 Å². The van der Waals surface area contributed by atoms with Crippen LogP contribution in [0.2, 0.25) is 0 Å². The molecule has 0 atom stereocenters. The van der Waals surface area contributed by atoms with Gasteiger partial charge in [0.15, 0.2) is 0 Å². The number of hydrogen-bond donors (Lipinski definition) is 2. The Morgan fingerprint density at radius 2 is 1.86 bits per heavy atom. The minimum absolute atomic E-state index is 0.0401. The van der Waals surface area contributed by atoms with Gasteiger partial charge >= 0.3 is 5.97 Å². The monoisotopic (exact) mass is 315 g/mol. The SMILES string of the molecule is CN(C)CCCN(C)S(=O)(=O)c1ccc(C(=O)O)cc1N. The fourth-order valence-electron chi connectivity index (χ4n) is 1.81. The number of benzene rings is 1. The van der Waals surface area contributed by atoms with Crippen LogP contribution in [0.1, 0.15) is 16.8 Å². The first-order valence-electron chi connectivity index (χ1n) is 6.40. The van der Waals surface area contributed by atoms with Crippen molar-refractivity contribution in [1.29, 1.82) is 0 Å². The van der Waals surface area contributed by atoms with Gasteiger partial charge in [-0.25, -0.2) is 17.5 Å². The summed E-state index contributed by atoms with van der Waals surface area (Å²) >= 11 is 0. The van der Waals surface area contributed by atoms with Gasteiger partial charge in [0.1, 0.15) is 4.90 Å². The molecular weight excluding hydrogens is 294 g/mol. The van der Waals surface area contributed by atoms with Crippen LogP contribution in [0.15, 0.2) is 23.1 Å². The van der Waals surface area contributed by atoms with Gasteiger partial charge in [-0.1, -0.05) is 0 Å². The Hall–Kier alpha value is -1.64. The van der Waals surface area contributed by atoms with E-state index in [-0.39, 0.29) is 16.1 Å². The highest BCUT2D eigenvalue weighted by molar-refractivity contribution is 7.89. The number of carboxylic acid groups (broad SMARTS) is 1. The van der Waals surface area contributed by atoms with Gasteiger partial charge < -0.3 is 15.7 Å². The maximum atomic E-state index is 12.4. The molecule has 118 valence electrons. The van der Waals surface area contributed by atoms with Crippen molar-refractivity contribution in [3.63, 3.8) is 0 Å². The van der Waals surface area contributed by atoms with Crippen molar-refractivity contribution in [2.75, 3.05) is 40.0 Å². The summed E-state index contributed by atoms with van der Waals surface area (Å²) in [6, 6.07) is 3.62. The van der Waals surface area contributed by atoms with Crippen molar-refractivity contribution < 1.29 is 18.3 Å². The van der Waals surface area contributed by atoms with Crippen LogP contribution in [-0.2, 0) is 10.0 Å². The summed E-state index contributed by atoms with van der Waals surface area (Å²) in [5.41, 5.74) is 5.58. The number of rotatable bonds is 7. The Labute approximate surface area is 125 Å². The fourth-order valence-corrected chi connectivity index (χ4v) is 3.12. The molecule has 0 bridgehead atoms. The van der Waals surface area contributed by atoms with Crippen molar-refractivity contribution in [1.82, 2.24) is 9.21 Å². The molecule has 1 rings (SSSR count). The molecule has 0 spiro atoms. The molecule has 0 aromatic heterocycles. The minimum Gasteiger partial charge on any atom is -0.478 e. The Morgan fingerprint density at radius 3 is 2.33 bits per heavy atom. The van der Waals surface area contributed by atoms with E-state index in [1.165, 1.54) is 23.5 Å². The van der Waals surface area contributed by atoms with Crippen LogP contribution in [0.25, 0.3) is 0 Å². The summed E-state index contributed by atoms with van der Waals surface area (Å²) in [4.78, 5) is 12.7. The molecule has 0 aliphatic carbocycles. The van der Waals surface area contributed by atoms with Crippen LogP contribution < -0.4 is 5.73 Å². The predicted octanol–water partition coefficient (Wildman–Crippen LogP) is 0.539. The summed E-state index contributed by atoms with van der Waals surface area (Å²) in [5.74, 6) is -1.15. The standard InChI is InChI=1S/C13H21N3O4S/c1-15(2)7-4-8-16(3)21(19,20)12-6-5-10(13(17)18)9-11(12)14/h5-6,9H,4,7-8,14H2,1-3H3,(H,17,18). The summed E-state index contributed by atoms with van der Waals surface area (Å²) in [6.45, 7) is 1.13. The van der Waals surface area contributed by atoms with Gasteiger partial charge in [0.05, 0.1) is 11.3 Å². The van der Waals surface area contributed by atoms with Gasteiger partial charge in [-0.15, -0.1) is 0 Å². The average Bonchev–Trinajstić information content (AvgIpc) is 2.37. The lowest BCUT2D eigenvalue weighted by Gasteiger charge is -2.19. The lowest BCUT2D eigenvalue weighted by Crippen LogP contribution is -2.30. The molecule has 8 heteroatoms. The molecule has 0 unspecified atom stereocenters. The fraction of sp³-hybridized carbons (Fsp3) is 0.462.